The lowest BCUT2D eigenvalue weighted by atomic mass is 9.71. The molecule has 1 aromatic carbocycles. The third kappa shape index (κ3) is 4.57. The average Bonchev–Trinajstić information content (AvgIpc) is 3.25. The summed E-state index contributed by atoms with van der Waals surface area (Å²) in [6, 6.07) is 10.0. The van der Waals surface area contributed by atoms with Crippen molar-refractivity contribution in [2.45, 2.75) is 75.9 Å². The van der Waals surface area contributed by atoms with Crippen molar-refractivity contribution in [3.05, 3.63) is 47.2 Å². The average molecular weight is 483 g/mol. The van der Waals surface area contributed by atoms with Crippen LogP contribution in [0.15, 0.2) is 36.5 Å². The molecule has 1 aliphatic heterocycles. The molecule has 0 radical (unpaired) electrons. The predicted octanol–water partition coefficient (Wildman–Crippen LogP) is 6.08. The molecule has 34 heavy (non-hydrogen) atoms. The van der Waals surface area contributed by atoms with E-state index in [1.165, 1.54) is 25.7 Å². The van der Waals surface area contributed by atoms with Gasteiger partial charge in [0.15, 0.2) is 0 Å². The number of fused-ring (bicyclic) bond motifs is 1. The van der Waals surface area contributed by atoms with Crippen LogP contribution in [0, 0.1) is 11.8 Å². The minimum absolute atomic E-state index is 0.133. The number of methoxy groups -OCH3 is 1. The second kappa shape index (κ2) is 10.0. The monoisotopic (exact) mass is 482 g/mol. The Hall–Kier alpha value is -2.47. The highest BCUT2D eigenvalue weighted by atomic mass is 35.5. The topological polar surface area (TPSA) is 75.3 Å². The third-order valence-corrected chi connectivity index (χ3v) is 8.12. The van der Waals surface area contributed by atoms with Crippen molar-refractivity contribution in [1.29, 1.82) is 0 Å². The summed E-state index contributed by atoms with van der Waals surface area (Å²) < 4.78 is 5.48. The van der Waals surface area contributed by atoms with E-state index >= 15 is 0 Å². The van der Waals surface area contributed by atoms with E-state index in [0.29, 0.717) is 5.15 Å². The number of pyridine rings is 1. The predicted molar refractivity (Wildman–Crippen MR) is 136 cm³/mol. The summed E-state index contributed by atoms with van der Waals surface area (Å²) in [6.45, 7) is 0. The maximum absolute atomic E-state index is 14.2. The van der Waals surface area contributed by atoms with Gasteiger partial charge in [0.1, 0.15) is 16.6 Å². The van der Waals surface area contributed by atoms with E-state index in [4.69, 9.17) is 16.3 Å². The Morgan fingerprint density at radius 2 is 1.74 bits per heavy atom. The highest BCUT2D eigenvalue weighted by Crippen LogP contribution is 2.49. The number of ether oxygens (including phenoxy) is 1. The fraction of sp³-hybridized carbons (Fsp3) is 0.556. The fourth-order valence-electron chi connectivity index (χ4n) is 6.18. The van der Waals surface area contributed by atoms with Crippen molar-refractivity contribution >= 4 is 28.9 Å². The first-order chi connectivity index (χ1) is 16.6. The Morgan fingerprint density at radius 1 is 1.03 bits per heavy atom. The van der Waals surface area contributed by atoms with E-state index in [-0.39, 0.29) is 23.8 Å². The summed E-state index contributed by atoms with van der Waals surface area (Å²) in [5.74, 6) is 0.882. The molecule has 1 aromatic heterocycles. The van der Waals surface area contributed by atoms with Gasteiger partial charge in [-0.05, 0) is 49.8 Å². The summed E-state index contributed by atoms with van der Waals surface area (Å²) in [7, 11) is 1.67. The van der Waals surface area contributed by atoms with Crippen molar-refractivity contribution in [1.82, 2.24) is 10.3 Å². The van der Waals surface area contributed by atoms with Gasteiger partial charge in [0.25, 0.3) is 0 Å². The van der Waals surface area contributed by atoms with Crippen LogP contribution in [0.4, 0.5) is 11.4 Å². The van der Waals surface area contributed by atoms with E-state index in [0.717, 1.165) is 61.2 Å². The molecular formula is C27H35ClN4O2. The standard InChI is InChI=1S/C27H35ClN4O2/c1-34-21-13-14-22-23(16-21)32-27(31-22,19-12-15-24(28)29-17-19)25(18-8-4-2-5-9-18)26(33)30-20-10-6-3-7-11-20/h12-18,20,25,31-32H,2-11H2,1H3,(H,30,33). The molecule has 2 aliphatic carbocycles. The smallest absolute Gasteiger partial charge is 0.228 e. The number of hydrogen-bond acceptors (Lipinski definition) is 5. The molecule has 2 heterocycles. The van der Waals surface area contributed by atoms with Gasteiger partial charge in [-0.25, -0.2) is 4.98 Å². The molecule has 2 unspecified atom stereocenters. The zero-order valence-corrected chi connectivity index (χ0v) is 20.7. The van der Waals surface area contributed by atoms with Crippen LogP contribution in [-0.4, -0.2) is 24.0 Å². The van der Waals surface area contributed by atoms with E-state index < -0.39 is 5.66 Å². The maximum atomic E-state index is 14.2. The summed E-state index contributed by atoms with van der Waals surface area (Å²) in [4.78, 5) is 18.6. The Balaban J connectivity index is 1.56. The molecule has 2 fully saturated rings. The summed E-state index contributed by atoms with van der Waals surface area (Å²) >= 11 is 6.16. The number of halogens is 1. The highest BCUT2D eigenvalue weighted by molar-refractivity contribution is 6.29. The molecule has 1 amide bonds. The number of nitrogens with one attached hydrogen (secondary N) is 3. The zero-order chi connectivity index (χ0) is 23.5. The highest BCUT2D eigenvalue weighted by Gasteiger charge is 2.52. The number of rotatable bonds is 6. The van der Waals surface area contributed by atoms with Crippen LogP contribution in [-0.2, 0) is 10.5 Å². The molecule has 6 nitrogen and oxygen atoms in total. The summed E-state index contributed by atoms with van der Waals surface area (Å²) in [5, 5.41) is 11.4. The molecule has 7 heteroatoms. The minimum Gasteiger partial charge on any atom is -0.497 e. The Kier molecular flexibility index (Phi) is 6.87. The quantitative estimate of drug-likeness (QED) is 0.435. The van der Waals surface area contributed by atoms with Crippen molar-refractivity contribution < 1.29 is 9.53 Å². The van der Waals surface area contributed by atoms with Crippen molar-refractivity contribution in [2.24, 2.45) is 11.8 Å². The van der Waals surface area contributed by atoms with Crippen molar-refractivity contribution in [3.63, 3.8) is 0 Å². The number of benzene rings is 1. The largest absolute Gasteiger partial charge is 0.497 e. The van der Waals surface area contributed by atoms with Crippen LogP contribution in [0.25, 0.3) is 0 Å². The van der Waals surface area contributed by atoms with Crippen LogP contribution < -0.4 is 20.7 Å². The van der Waals surface area contributed by atoms with E-state index in [9.17, 15) is 4.79 Å². The van der Waals surface area contributed by atoms with Gasteiger partial charge in [-0.1, -0.05) is 56.2 Å². The molecule has 3 aliphatic rings. The van der Waals surface area contributed by atoms with Gasteiger partial charge in [-0.2, -0.15) is 0 Å². The second-order valence-electron chi connectivity index (χ2n) is 10.1. The molecule has 0 bridgehead atoms. The second-order valence-corrected chi connectivity index (χ2v) is 10.4. The summed E-state index contributed by atoms with van der Waals surface area (Å²) in [6.07, 6.45) is 13.2. The molecule has 2 atom stereocenters. The van der Waals surface area contributed by atoms with Crippen LogP contribution in [0.5, 0.6) is 5.75 Å². The maximum Gasteiger partial charge on any atom is 0.228 e. The molecular weight excluding hydrogens is 448 g/mol. The zero-order valence-electron chi connectivity index (χ0n) is 19.9. The first-order valence-corrected chi connectivity index (χ1v) is 13.1. The lowest BCUT2D eigenvalue weighted by Gasteiger charge is -2.43. The Labute approximate surface area is 207 Å². The molecule has 2 saturated carbocycles. The van der Waals surface area contributed by atoms with Crippen LogP contribution in [0.3, 0.4) is 0 Å². The van der Waals surface area contributed by atoms with E-state index in [2.05, 4.69) is 20.9 Å². The first-order valence-electron chi connectivity index (χ1n) is 12.8. The number of nitrogens with zero attached hydrogens (tertiary/aromatic N) is 1. The number of anilines is 2. The molecule has 0 spiro atoms. The van der Waals surface area contributed by atoms with Gasteiger partial charge in [0.05, 0.1) is 24.4 Å². The summed E-state index contributed by atoms with van der Waals surface area (Å²) in [5.41, 5.74) is 2.00. The van der Waals surface area contributed by atoms with Crippen molar-refractivity contribution in [3.8, 4) is 5.75 Å². The molecule has 5 rings (SSSR count). The van der Waals surface area contributed by atoms with Gasteiger partial charge in [-0.15, -0.1) is 0 Å². The lowest BCUT2D eigenvalue weighted by Crippen LogP contribution is -2.56. The van der Waals surface area contributed by atoms with Crippen molar-refractivity contribution in [2.75, 3.05) is 17.7 Å². The third-order valence-electron chi connectivity index (χ3n) is 7.89. The number of amides is 1. The fourth-order valence-corrected chi connectivity index (χ4v) is 6.29. The molecule has 3 N–H and O–H groups in total. The number of hydrogen-bond donors (Lipinski definition) is 3. The van der Waals surface area contributed by atoms with E-state index in [1.807, 2.05) is 30.3 Å². The molecule has 2 aromatic rings. The molecule has 0 saturated heterocycles. The van der Waals surface area contributed by atoms with Crippen LogP contribution in [0.1, 0.15) is 69.8 Å². The van der Waals surface area contributed by atoms with Gasteiger partial charge < -0.3 is 20.7 Å². The number of aromatic nitrogens is 1. The Morgan fingerprint density at radius 3 is 2.41 bits per heavy atom. The van der Waals surface area contributed by atoms with Gasteiger partial charge >= 0.3 is 0 Å². The van der Waals surface area contributed by atoms with E-state index in [1.54, 1.807) is 13.3 Å². The Bertz CT molecular complexity index is 1000. The van der Waals surface area contributed by atoms with Crippen LogP contribution in [0.2, 0.25) is 5.15 Å². The van der Waals surface area contributed by atoms with Gasteiger partial charge in [0.2, 0.25) is 5.91 Å². The molecule has 182 valence electrons. The van der Waals surface area contributed by atoms with Gasteiger partial charge in [0, 0.05) is 23.9 Å². The SMILES string of the molecule is COc1ccc2c(c1)NC(c1ccc(Cl)nc1)(C(C(=O)NC1CCCCC1)C1CCCCC1)N2. The lowest BCUT2D eigenvalue weighted by molar-refractivity contribution is -0.130. The normalized spacial score (nSPS) is 23.9. The number of carbonyl (C=O) groups excluding carboxylic acids is 1. The first kappa shape index (κ1) is 23.3. The minimum atomic E-state index is -0.812. The van der Waals surface area contributed by atoms with Crippen LogP contribution >= 0.6 is 11.6 Å². The number of carbonyl (C=O) groups is 1. The van der Waals surface area contributed by atoms with Gasteiger partial charge in [-0.3, -0.25) is 4.79 Å².